The Hall–Kier alpha value is -9.66. The van der Waals surface area contributed by atoms with E-state index >= 15 is 0 Å². The topological polar surface area (TPSA) is 265 Å². The van der Waals surface area contributed by atoms with Crippen LogP contribution in [0.1, 0.15) is 75.6 Å². The number of aliphatic imine (C=N–C) groups is 2. The van der Waals surface area contributed by atoms with E-state index in [1.807, 2.05) is 54.6 Å². The third-order valence-corrected chi connectivity index (χ3v) is 13.4. The summed E-state index contributed by atoms with van der Waals surface area (Å²) in [7, 11) is 2.94. The molecule has 8 rings (SSSR count). The van der Waals surface area contributed by atoms with Crippen molar-refractivity contribution in [3.05, 3.63) is 137 Å². The minimum Gasteiger partial charge on any atom is -0.493 e. The Labute approximate surface area is 461 Å². The average molecular weight is 1090 g/mol. The summed E-state index contributed by atoms with van der Waals surface area (Å²) in [6, 6.07) is 25.8. The number of methoxy groups -OCH3 is 2. The second-order valence-electron chi connectivity index (χ2n) is 18.9. The van der Waals surface area contributed by atoms with Crippen molar-refractivity contribution in [2.24, 2.45) is 9.98 Å². The SMILES string of the molecule is C=Nc1cc(OCc2cc(COc3cc4c(cc3OC)C(=O)N3c5ccccc5CC3C=N4)cc(NC(=O)C(C)NC(=O)CNC(=O)CCCCC(=O)NCCNC(=O)/C=C\C=O)c2)c(OC)cc1C(=O)N1CCc2ccccc21. The first-order valence-corrected chi connectivity index (χ1v) is 25.9. The normalized spacial score (nSPS) is 14.1. The van der Waals surface area contributed by atoms with Crippen LogP contribution in [0.5, 0.6) is 23.0 Å². The number of hydrogen-bond donors (Lipinski definition) is 5. The van der Waals surface area contributed by atoms with Crippen LogP contribution in [0, 0.1) is 0 Å². The highest BCUT2D eigenvalue weighted by atomic mass is 16.5. The largest absolute Gasteiger partial charge is 0.493 e. The minimum atomic E-state index is -1.06. The molecule has 7 amide bonds. The van der Waals surface area contributed by atoms with Gasteiger partial charge < -0.3 is 50.4 Å². The van der Waals surface area contributed by atoms with Crippen molar-refractivity contribution in [2.45, 2.75) is 70.7 Å². The van der Waals surface area contributed by atoms with E-state index in [0.29, 0.717) is 78.1 Å². The Morgan fingerprint density at radius 2 is 1.43 bits per heavy atom. The highest BCUT2D eigenvalue weighted by Crippen LogP contribution is 2.42. The summed E-state index contributed by atoms with van der Waals surface area (Å²) in [6.45, 7) is 5.57. The van der Waals surface area contributed by atoms with Gasteiger partial charge in [0.1, 0.15) is 25.5 Å². The Balaban J connectivity index is 0.925. The lowest BCUT2D eigenvalue weighted by Crippen LogP contribution is -2.45. The van der Waals surface area contributed by atoms with Crippen LogP contribution in [0.15, 0.2) is 113 Å². The maximum atomic E-state index is 14.1. The van der Waals surface area contributed by atoms with Crippen molar-refractivity contribution in [2.75, 3.05) is 55.5 Å². The summed E-state index contributed by atoms with van der Waals surface area (Å²) >= 11 is 0. The van der Waals surface area contributed by atoms with Crippen molar-refractivity contribution in [1.82, 2.24) is 21.3 Å². The second-order valence-corrected chi connectivity index (χ2v) is 18.9. The number of carbonyl (C=O) groups is 8. The van der Waals surface area contributed by atoms with Crippen molar-refractivity contribution < 1.29 is 57.3 Å². The zero-order valence-corrected chi connectivity index (χ0v) is 44.5. The van der Waals surface area contributed by atoms with Gasteiger partial charge in [-0.3, -0.25) is 53.2 Å². The molecule has 5 N–H and O–H groups in total. The van der Waals surface area contributed by atoms with Crippen molar-refractivity contribution in [3.63, 3.8) is 0 Å². The molecule has 3 heterocycles. The van der Waals surface area contributed by atoms with Crippen LogP contribution in [-0.4, -0.2) is 113 Å². The van der Waals surface area contributed by atoms with Gasteiger partial charge in [-0.15, -0.1) is 0 Å². The molecule has 3 aliphatic heterocycles. The number of allylic oxidation sites excluding steroid dienone is 1. The number of fused-ring (bicyclic) bond motifs is 5. The third-order valence-electron chi connectivity index (χ3n) is 13.4. The predicted molar refractivity (Wildman–Crippen MR) is 300 cm³/mol. The molecule has 21 nitrogen and oxygen atoms in total. The number of para-hydroxylation sites is 2. The number of ether oxygens (including phenoxy) is 4. The molecule has 0 aliphatic carbocycles. The summed E-state index contributed by atoms with van der Waals surface area (Å²) in [4.78, 5) is 114. The Morgan fingerprint density at radius 3 is 2.12 bits per heavy atom. The third kappa shape index (κ3) is 13.9. The van der Waals surface area contributed by atoms with Gasteiger partial charge in [0.25, 0.3) is 11.8 Å². The van der Waals surface area contributed by atoms with E-state index in [-0.39, 0.29) is 85.7 Å². The Kier molecular flexibility index (Phi) is 18.8. The van der Waals surface area contributed by atoms with Crippen LogP contribution in [0.3, 0.4) is 0 Å². The zero-order chi connectivity index (χ0) is 56.7. The second kappa shape index (κ2) is 26.6. The van der Waals surface area contributed by atoms with Gasteiger partial charge in [-0.1, -0.05) is 36.4 Å². The van der Waals surface area contributed by atoms with Gasteiger partial charge in [-0.05, 0) is 104 Å². The quantitative estimate of drug-likeness (QED) is 0.0201. The maximum absolute atomic E-state index is 14.1. The first kappa shape index (κ1) is 56.5. The molecule has 80 heavy (non-hydrogen) atoms. The lowest BCUT2D eigenvalue weighted by molar-refractivity contribution is -0.128. The molecule has 414 valence electrons. The number of rotatable bonds is 25. The molecule has 5 aromatic carbocycles. The van der Waals surface area contributed by atoms with E-state index < -0.39 is 36.2 Å². The number of hydrogen-bond acceptors (Lipinski definition) is 14. The fourth-order valence-corrected chi connectivity index (χ4v) is 9.44. The van der Waals surface area contributed by atoms with Crippen LogP contribution in [0.25, 0.3) is 0 Å². The number of benzene rings is 5. The summed E-state index contributed by atoms with van der Waals surface area (Å²) in [5, 5.41) is 13.2. The van der Waals surface area contributed by atoms with Crippen molar-refractivity contribution in [3.8, 4) is 23.0 Å². The van der Waals surface area contributed by atoms with E-state index in [1.165, 1.54) is 21.1 Å². The number of carbonyl (C=O) groups excluding carboxylic acids is 8. The van der Waals surface area contributed by atoms with E-state index in [2.05, 4.69) is 38.3 Å². The molecular weight excluding hydrogens is 1030 g/mol. The van der Waals surface area contributed by atoms with E-state index in [9.17, 15) is 38.4 Å². The molecule has 3 aliphatic rings. The smallest absolute Gasteiger partial charge is 0.261 e. The van der Waals surface area contributed by atoms with E-state index in [1.54, 1.807) is 52.4 Å². The highest BCUT2D eigenvalue weighted by Gasteiger charge is 2.37. The molecule has 2 atom stereocenters. The van der Waals surface area contributed by atoms with Crippen LogP contribution in [0.4, 0.5) is 28.4 Å². The summed E-state index contributed by atoms with van der Waals surface area (Å²) in [5.41, 5.74) is 6.57. The number of nitrogens with one attached hydrogen (secondary N) is 5. The van der Waals surface area contributed by atoms with Gasteiger partial charge >= 0.3 is 0 Å². The zero-order valence-electron chi connectivity index (χ0n) is 44.5. The maximum Gasteiger partial charge on any atom is 0.261 e. The van der Waals surface area contributed by atoms with E-state index in [4.69, 9.17) is 23.9 Å². The molecule has 0 spiro atoms. The van der Waals surface area contributed by atoms with Crippen molar-refractivity contribution in [1.29, 1.82) is 0 Å². The monoisotopic (exact) mass is 1090 g/mol. The number of amides is 7. The predicted octanol–water partition coefficient (Wildman–Crippen LogP) is 5.79. The fraction of sp³-hybridized carbons (Fsp3) is 0.288. The number of unbranched alkanes of at least 4 members (excludes halogenated alkanes) is 1. The van der Waals surface area contributed by atoms with Gasteiger partial charge in [0.2, 0.25) is 29.5 Å². The van der Waals surface area contributed by atoms with Crippen molar-refractivity contribution >= 4 is 89.0 Å². The first-order valence-electron chi connectivity index (χ1n) is 25.9. The van der Waals surface area contributed by atoms with Crippen LogP contribution in [-0.2, 0) is 54.8 Å². The van der Waals surface area contributed by atoms with Crippen LogP contribution >= 0.6 is 0 Å². The van der Waals surface area contributed by atoms with Crippen LogP contribution < -0.4 is 55.3 Å². The van der Waals surface area contributed by atoms with Gasteiger partial charge in [-0.2, -0.15) is 0 Å². The molecule has 0 radical (unpaired) electrons. The number of anilines is 3. The van der Waals surface area contributed by atoms with Crippen LogP contribution in [0.2, 0.25) is 0 Å². The standard InChI is InChI=1S/C59H61N9O12/c1-36(65-56(73)33-64-55(72)17-10-9-16-53(70)61-20-21-62-54(71)18-11-23-69)57(74)66-41-25-37(34-79-51-30-45(60-2)43(28-49(51)77-3)58(75)67-22-19-39-12-5-7-14-47(39)67)24-38(26-41)35-80-52-31-46-44(29-50(52)78-4)59(76)68-42(32-63-46)27-40-13-6-8-15-48(40)68/h5-8,11-15,18,23-26,28-32,36,42H,2,9-10,16-17,19-22,27,33-35H2,1,3-4H3,(H,61,70)(H,62,71)(H,64,72)(H,65,73)(H,66,74)/b18-11-. The molecule has 0 saturated carbocycles. The summed E-state index contributed by atoms with van der Waals surface area (Å²) in [5.74, 6) is -1.67. The minimum absolute atomic E-state index is 0.0564. The van der Waals surface area contributed by atoms with Gasteiger partial charge in [-0.25, -0.2) is 0 Å². The van der Waals surface area contributed by atoms with Gasteiger partial charge in [0.05, 0.1) is 49.3 Å². The molecular formula is C59H61N9O12. The fourth-order valence-electron chi connectivity index (χ4n) is 9.44. The Bertz CT molecular complexity index is 3280. The molecule has 21 heteroatoms. The number of nitrogens with zero attached hydrogens (tertiary/aromatic N) is 4. The molecule has 0 bridgehead atoms. The average Bonchev–Trinajstić information content (AvgIpc) is 4.09. The molecule has 5 aromatic rings. The lowest BCUT2D eigenvalue weighted by atomic mass is 10.1. The molecule has 0 fully saturated rings. The lowest BCUT2D eigenvalue weighted by Gasteiger charge is -2.22. The summed E-state index contributed by atoms with van der Waals surface area (Å²) < 4.78 is 24.2. The van der Waals surface area contributed by atoms with Gasteiger partial charge in [0.15, 0.2) is 23.0 Å². The molecule has 0 saturated heterocycles. The first-order chi connectivity index (χ1) is 38.8. The highest BCUT2D eigenvalue weighted by molar-refractivity contribution is 6.15. The van der Waals surface area contributed by atoms with Gasteiger partial charge in [0, 0.05) is 80.4 Å². The molecule has 0 aromatic heterocycles. The number of aldehydes is 1. The van der Waals surface area contributed by atoms with E-state index in [0.717, 1.165) is 34.7 Å². The summed E-state index contributed by atoms with van der Waals surface area (Å²) in [6.07, 6.45) is 6.71. The molecule has 2 unspecified atom stereocenters. The Morgan fingerprint density at radius 1 is 0.775 bits per heavy atom.